The molecule has 0 aliphatic rings. The van der Waals surface area contributed by atoms with Crippen LogP contribution in [0.2, 0.25) is 5.02 Å². The van der Waals surface area contributed by atoms with Crippen molar-refractivity contribution in [2.45, 2.75) is 33.0 Å². The highest BCUT2D eigenvalue weighted by molar-refractivity contribution is 6.30. The quantitative estimate of drug-likeness (QED) is 0.256. The Morgan fingerprint density at radius 1 is 0.829 bits per heavy atom. The van der Waals surface area contributed by atoms with Crippen LogP contribution < -0.4 is 0 Å². The van der Waals surface area contributed by atoms with Gasteiger partial charge in [-0.25, -0.2) is 0 Å². The number of hydrogen-bond acceptors (Lipinski definition) is 4. The van der Waals surface area contributed by atoms with E-state index in [1.807, 2.05) is 36.4 Å². The highest BCUT2D eigenvalue weighted by Crippen LogP contribution is 2.16. The van der Waals surface area contributed by atoms with Gasteiger partial charge in [0.05, 0.1) is 24.3 Å². The first-order chi connectivity index (χ1) is 17.1. The molecular weight excluding hydrogens is 454 g/mol. The number of halogens is 1. The summed E-state index contributed by atoms with van der Waals surface area (Å²) in [6.45, 7) is 5.15. The Balaban J connectivity index is 1.35. The first kappa shape index (κ1) is 23.2. The number of hydrogen-bond donors (Lipinski definition) is 0. The van der Waals surface area contributed by atoms with Crippen molar-refractivity contribution >= 4 is 22.5 Å². The van der Waals surface area contributed by atoms with Crippen LogP contribution in [0.4, 0.5) is 0 Å². The molecular formula is C29H28ClN5. The van der Waals surface area contributed by atoms with Crippen molar-refractivity contribution < 1.29 is 0 Å². The van der Waals surface area contributed by atoms with Crippen LogP contribution >= 0.6 is 11.6 Å². The van der Waals surface area contributed by atoms with Gasteiger partial charge in [0.15, 0.2) is 0 Å². The Kier molecular flexibility index (Phi) is 7.17. The van der Waals surface area contributed by atoms with E-state index in [9.17, 15) is 0 Å². The Morgan fingerprint density at radius 3 is 2.43 bits per heavy atom. The van der Waals surface area contributed by atoms with Gasteiger partial charge >= 0.3 is 0 Å². The molecule has 6 heteroatoms. The molecule has 0 aliphatic heterocycles. The molecule has 176 valence electrons. The minimum atomic E-state index is 0.688. The summed E-state index contributed by atoms with van der Waals surface area (Å²) in [5.74, 6) is 0.935. The van der Waals surface area contributed by atoms with Crippen LogP contribution in [0, 0.1) is 6.92 Å². The van der Waals surface area contributed by atoms with Gasteiger partial charge in [0, 0.05) is 23.5 Å². The number of fused-ring (bicyclic) bond motifs is 1. The van der Waals surface area contributed by atoms with Crippen molar-refractivity contribution in [3.05, 3.63) is 124 Å². The topological polar surface area (TPSA) is 46.8 Å². The first-order valence-electron chi connectivity index (χ1n) is 11.9. The summed E-state index contributed by atoms with van der Waals surface area (Å²) in [5, 5.41) is 10.6. The van der Waals surface area contributed by atoms with Crippen molar-refractivity contribution in [3.8, 4) is 0 Å². The molecule has 0 radical (unpaired) electrons. The Morgan fingerprint density at radius 2 is 1.60 bits per heavy atom. The number of aryl methyl sites for hydroxylation is 1. The van der Waals surface area contributed by atoms with E-state index < -0.39 is 0 Å². The molecule has 0 saturated heterocycles. The highest BCUT2D eigenvalue weighted by Gasteiger charge is 2.14. The lowest BCUT2D eigenvalue weighted by atomic mass is 10.1. The van der Waals surface area contributed by atoms with Crippen LogP contribution in [-0.4, -0.2) is 31.2 Å². The minimum Gasteiger partial charge on any atom is -0.312 e. The van der Waals surface area contributed by atoms with Crippen LogP contribution in [0.1, 0.15) is 28.2 Å². The fourth-order valence-corrected chi connectivity index (χ4v) is 4.33. The van der Waals surface area contributed by atoms with E-state index in [1.165, 1.54) is 11.1 Å². The van der Waals surface area contributed by atoms with Crippen LogP contribution in [0.5, 0.6) is 0 Å². The summed E-state index contributed by atoms with van der Waals surface area (Å²) in [6, 6.07) is 29.2. The maximum atomic E-state index is 6.06. The molecule has 0 saturated carbocycles. The minimum absolute atomic E-state index is 0.688. The molecule has 2 heterocycles. The number of aromatic nitrogens is 4. The van der Waals surface area contributed by atoms with E-state index in [2.05, 4.69) is 75.1 Å². The van der Waals surface area contributed by atoms with E-state index >= 15 is 0 Å². The molecule has 3 aromatic carbocycles. The van der Waals surface area contributed by atoms with Crippen molar-refractivity contribution in [3.63, 3.8) is 0 Å². The number of rotatable bonds is 9. The van der Waals surface area contributed by atoms with Gasteiger partial charge < -0.3 is 4.57 Å². The zero-order valence-electron chi connectivity index (χ0n) is 19.8. The Bertz CT molecular complexity index is 1390. The van der Waals surface area contributed by atoms with E-state index in [0.717, 1.165) is 52.5 Å². The monoisotopic (exact) mass is 481 g/mol. The predicted molar refractivity (Wildman–Crippen MR) is 141 cm³/mol. The van der Waals surface area contributed by atoms with Crippen LogP contribution in [-0.2, 0) is 26.1 Å². The van der Waals surface area contributed by atoms with Gasteiger partial charge in [-0.3, -0.25) is 9.88 Å². The van der Waals surface area contributed by atoms with Gasteiger partial charge in [-0.2, -0.15) is 0 Å². The lowest BCUT2D eigenvalue weighted by Gasteiger charge is -2.22. The molecule has 0 aliphatic carbocycles. The molecule has 0 N–H and O–H groups in total. The molecule has 35 heavy (non-hydrogen) atoms. The lowest BCUT2D eigenvalue weighted by molar-refractivity contribution is 0.247. The molecule has 0 atom stereocenters. The van der Waals surface area contributed by atoms with E-state index in [1.54, 1.807) is 6.33 Å². The van der Waals surface area contributed by atoms with Crippen molar-refractivity contribution in [1.29, 1.82) is 0 Å². The second kappa shape index (κ2) is 10.8. The summed E-state index contributed by atoms with van der Waals surface area (Å²) in [4.78, 5) is 7.31. The Labute approximate surface area is 211 Å². The molecule has 0 spiro atoms. The third-order valence-electron chi connectivity index (χ3n) is 6.21. The van der Waals surface area contributed by atoms with Crippen molar-refractivity contribution in [1.82, 2.24) is 24.6 Å². The SMILES string of the molecule is Cc1ccc(CCN(Cc2ccc3ccccc3n2)Cc2nncn2Cc2ccc(Cl)cc2)cc1. The molecule has 0 amide bonds. The fourth-order valence-electron chi connectivity index (χ4n) is 4.20. The van der Waals surface area contributed by atoms with Crippen LogP contribution in [0.25, 0.3) is 10.9 Å². The van der Waals surface area contributed by atoms with Gasteiger partial charge in [0.25, 0.3) is 0 Å². The normalized spacial score (nSPS) is 11.4. The van der Waals surface area contributed by atoms with Gasteiger partial charge in [0.2, 0.25) is 0 Å². The van der Waals surface area contributed by atoms with Crippen LogP contribution in [0.3, 0.4) is 0 Å². The summed E-state index contributed by atoms with van der Waals surface area (Å²) >= 11 is 6.06. The van der Waals surface area contributed by atoms with Crippen molar-refractivity contribution in [2.24, 2.45) is 0 Å². The maximum absolute atomic E-state index is 6.06. The molecule has 5 rings (SSSR count). The van der Waals surface area contributed by atoms with Gasteiger partial charge in [-0.1, -0.05) is 77.8 Å². The van der Waals surface area contributed by atoms with Gasteiger partial charge in [0.1, 0.15) is 12.2 Å². The number of nitrogens with zero attached hydrogens (tertiary/aromatic N) is 5. The molecule has 5 nitrogen and oxygen atoms in total. The van der Waals surface area contributed by atoms with E-state index in [0.29, 0.717) is 13.1 Å². The zero-order chi connectivity index (χ0) is 24.0. The van der Waals surface area contributed by atoms with Crippen molar-refractivity contribution in [2.75, 3.05) is 6.54 Å². The molecule has 2 aromatic heterocycles. The third-order valence-corrected chi connectivity index (χ3v) is 6.46. The smallest absolute Gasteiger partial charge is 0.147 e. The number of benzene rings is 3. The van der Waals surface area contributed by atoms with Crippen LogP contribution in [0.15, 0.2) is 91.3 Å². The second-order valence-corrected chi connectivity index (χ2v) is 9.38. The standard InChI is InChI=1S/C29H28ClN5/c1-22-6-8-23(9-7-22)16-17-34(19-27-15-12-25-4-2-3-5-28(25)32-27)20-29-33-31-21-35(29)18-24-10-13-26(30)14-11-24/h2-15,21H,16-20H2,1H3. The summed E-state index contributed by atoms with van der Waals surface area (Å²) in [6.07, 6.45) is 2.76. The average molecular weight is 482 g/mol. The van der Waals surface area contributed by atoms with Gasteiger partial charge in [-0.05, 0) is 48.7 Å². The summed E-state index contributed by atoms with van der Waals surface area (Å²) in [7, 11) is 0. The molecule has 5 aromatic rings. The highest BCUT2D eigenvalue weighted by atomic mass is 35.5. The largest absolute Gasteiger partial charge is 0.312 e. The third kappa shape index (κ3) is 6.13. The maximum Gasteiger partial charge on any atom is 0.147 e. The van der Waals surface area contributed by atoms with E-state index in [-0.39, 0.29) is 0 Å². The average Bonchev–Trinajstić information content (AvgIpc) is 3.31. The molecule has 0 bridgehead atoms. The predicted octanol–water partition coefficient (Wildman–Crippen LogP) is 6.08. The molecule has 0 fully saturated rings. The number of pyridine rings is 1. The number of para-hydroxylation sites is 1. The fraction of sp³-hybridized carbons (Fsp3) is 0.207. The second-order valence-electron chi connectivity index (χ2n) is 8.94. The first-order valence-corrected chi connectivity index (χ1v) is 12.2. The van der Waals surface area contributed by atoms with Gasteiger partial charge in [-0.15, -0.1) is 10.2 Å². The summed E-state index contributed by atoms with van der Waals surface area (Å²) < 4.78 is 2.11. The zero-order valence-corrected chi connectivity index (χ0v) is 20.6. The van der Waals surface area contributed by atoms with E-state index in [4.69, 9.17) is 16.6 Å². The molecule has 0 unspecified atom stereocenters. The lowest BCUT2D eigenvalue weighted by Crippen LogP contribution is -2.27. The Hall–Kier alpha value is -3.54. The summed E-state index contributed by atoms with van der Waals surface area (Å²) in [5.41, 5.74) is 5.85.